The maximum Gasteiger partial charge on any atom is -0.0354 e. The summed E-state index contributed by atoms with van der Waals surface area (Å²) in [4.78, 5) is 0. The Hall–Kier alpha value is 0. The van der Waals surface area contributed by atoms with Crippen LogP contribution in [-0.2, 0) is 0 Å². The number of rotatable bonds is 11. The van der Waals surface area contributed by atoms with Crippen molar-refractivity contribution >= 4 is 0 Å². The van der Waals surface area contributed by atoms with Crippen molar-refractivity contribution in [1.29, 1.82) is 0 Å². The molecule has 0 nitrogen and oxygen atoms in total. The highest BCUT2D eigenvalue weighted by Crippen LogP contribution is 2.31. The molecule has 0 aliphatic rings. The predicted molar refractivity (Wildman–Crippen MR) is 84.7 cm³/mol. The Bertz CT molecular complexity index is 176. The minimum absolute atomic E-state index is 0.544. The van der Waals surface area contributed by atoms with Gasteiger partial charge < -0.3 is 0 Å². The second-order valence-corrected chi connectivity index (χ2v) is 6.72. The van der Waals surface area contributed by atoms with Crippen LogP contribution in [-0.4, -0.2) is 0 Å². The monoisotopic (exact) mass is 253 g/mol. The van der Waals surface area contributed by atoms with Gasteiger partial charge in [-0.15, -0.1) is 0 Å². The van der Waals surface area contributed by atoms with Crippen LogP contribution in [0.5, 0.6) is 0 Å². The molecule has 1 radical (unpaired) electrons. The van der Waals surface area contributed by atoms with Gasteiger partial charge in [0.05, 0.1) is 0 Å². The summed E-state index contributed by atoms with van der Waals surface area (Å²) in [6, 6.07) is 0. The molecule has 0 N–H and O–H groups in total. The Morgan fingerprint density at radius 2 is 1.39 bits per heavy atom. The number of hydrogen-bond acceptors (Lipinski definition) is 0. The summed E-state index contributed by atoms with van der Waals surface area (Å²) in [6.45, 7) is 14.2. The van der Waals surface area contributed by atoms with Crippen molar-refractivity contribution in [3.05, 3.63) is 6.42 Å². The first-order valence-electron chi connectivity index (χ1n) is 8.32. The van der Waals surface area contributed by atoms with Crippen molar-refractivity contribution in [3.8, 4) is 0 Å². The fraction of sp³-hybridized carbons (Fsp3) is 0.944. The Kier molecular flexibility index (Phi) is 9.87. The first kappa shape index (κ1) is 18.0. The molecule has 1 atom stereocenters. The summed E-state index contributed by atoms with van der Waals surface area (Å²) in [5.41, 5.74) is 0.544. The molecule has 0 saturated carbocycles. The maximum atomic E-state index is 2.57. The molecule has 0 aromatic rings. The van der Waals surface area contributed by atoms with Crippen molar-refractivity contribution in [1.82, 2.24) is 0 Å². The van der Waals surface area contributed by atoms with Crippen LogP contribution < -0.4 is 0 Å². The average Bonchev–Trinajstić information content (AvgIpc) is 2.33. The van der Waals surface area contributed by atoms with Gasteiger partial charge in [-0.2, -0.15) is 0 Å². The molecule has 0 aromatic carbocycles. The van der Waals surface area contributed by atoms with Gasteiger partial charge in [-0.1, -0.05) is 67.2 Å². The average molecular weight is 253 g/mol. The molecule has 0 aliphatic heterocycles. The van der Waals surface area contributed by atoms with Gasteiger partial charge in [-0.3, -0.25) is 0 Å². The molecule has 0 spiro atoms. The van der Waals surface area contributed by atoms with Crippen LogP contribution in [0.4, 0.5) is 0 Å². The Morgan fingerprint density at radius 3 is 1.83 bits per heavy atom. The van der Waals surface area contributed by atoms with Crippen LogP contribution in [0.15, 0.2) is 0 Å². The zero-order valence-corrected chi connectivity index (χ0v) is 13.9. The summed E-state index contributed by atoms with van der Waals surface area (Å²) in [6.07, 6.45) is 13.3. The second kappa shape index (κ2) is 9.87. The maximum absolute atomic E-state index is 2.57. The summed E-state index contributed by atoms with van der Waals surface area (Å²) in [7, 11) is 0. The van der Waals surface area contributed by atoms with E-state index in [4.69, 9.17) is 0 Å². The molecule has 0 heterocycles. The van der Waals surface area contributed by atoms with Gasteiger partial charge in [-0.25, -0.2) is 0 Å². The third-order valence-corrected chi connectivity index (χ3v) is 4.66. The third-order valence-electron chi connectivity index (χ3n) is 4.66. The van der Waals surface area contributed by atoms with Gasteiger partial charge in [0.15, 0.2) is 0 Å². The Morgan fingerprint density at radius 1 is 0.833 bits per heavy atom. The zero-order chi connectivity index (χ0) is 14.0. The van der Waals surface area contributed by atoms with Crippen molar-refractivity contribution < 1.29 is 0 Å². The largest absolute Gasteiger partial charge is 0.0654 e. The van der Waals surface area contributed by atoms with E-state index in [2.05, 4.69) is 48.0 Å². The quantitative estimate of drug-likeness (QED) is 0.362. The van der Waals surface area contributed by atoms with Crippen LogP contribution in [0.2, 0.25) is 0 Å². The molecule has 0 heteroatoms. The van der Waals surface area contributed by atoms with E-state index in [0.29, 0.717) is 5.41 Å². The van der Waals surface area contributed by atoms with E-state index in [9.17, 15) is 0 Å². The predicted octanol–water partition coefficient (Wildman–Crippen LogP) is 6.65. The number of hydrogen-bond donors (Lipinski definition) is 0. The minimum Gasteiger partial charge on any atom is -0.0654 e. The minimum atomic E-state index is 0.544. The lowest BCUT2D eigenvalue weighted by molar-refractivity contribution is 0.281. The zero-order valence-electron chi connectivity index (χ0n) is 13.9. The van der Waals surface area contributed by atoms with Crippen LogP contribution in [0.25, 0.3) is 0 Å². The van der Waals surface area contributed by atoms with E-state index in [1.165, 1.54) is 51.4 Å². The lowest BCUT2D eigenvalue weighted by Gasteiger charge is -2.26. The first-order valence-corrected chi connectivity index (χ1v) is 8.32. The molecule has 0 aliphatic carbocycles. The molecule has 1 unspecified atom stereocenters. The van der Waals surface area contributed by atoms with E-state index in [1.54, 1.807) is 0 Å². The summed E-state index contributed by atoms with van der Waals surface area (Å²) < 4.78 is 0. The lowest BCUT2D eigenvalue weighted by atomic mass is 9.80. The van der Waals surface area contributed by atoms with Crippen molar-refractivity contribution in [2.75, 3.05) is 0 Å². The van der Waals surface area contributed by atoms with Crippen molar-refractivity contribution in [2.24, 2.45) is 17.3 Å². The van der Waals surface area contributed by atoms with Gasteiger partial charge in [0.1, 0.15) is 0 Å². The highest BCUT2D eigenvalue weighted by molar-refractivity contribution is 4.78. The number of unbranched alkanes of at least 4 members (excludes halogenated alkanes) is 1. The summed E-state index contributed by atoms with van der Waals surface area (Å²) in [5.74, 6) is 1.86. The van der Waals surface area contributed by atoms with Gasteiger partial charge in [0, 0.05) is 0 Å². The van der Waals surface area contributed by atoms with Crippen LogP contribution in [0.1, 0.15) is 92.9 Å². The Balaban J connectivity index is 3.87. The van der Waals surface area contributed by atoms with Crippen LogP contribution in [0, 0.1) is 23.7 Å². The Labute approximate surface area is 117 Å². The molecule has 0 fully saturated rings. The van der Waals surface area contributed by atoms with Crippen LogP contribution >= 0.6 is 0 Å². The van der Waals surface area contributed by atoms with E-state index in [0.717, 1.165) is 11.8 Å². The van der Waals surface area contributed by atoms with Crippen molar-refractivity contribution in [3.63, 3.8) is 0 Å². The molecule has 109 valence electrons. The van der Waals surface area contributed by atoms with E-state index in [1.807, 2.05) is 0 Å². The second-order valence-electron chi connectivity index (χ2n) is 6.72. The van der Waals surface area contributed by atoms with Gasteiger partial charge in [0.2, 0.25) is 0 Å². The molecular formula is C18H37. The standard InChI is InChI=1S/C18H37/c1-7-14-18(5,6)15-12-11-13-17(10-4)16(8-2)9-3/h11,16-17H,7-10,12-15H2,1-6H3. The van der Waals surface area contributed by atoms with Crippen LogP contribution in [0.3, 0.4) is 0 Å². The SMILES string of the molecule is CCCC(C)(C)CC[CH]CC(CC)C(CC)CC. The molecular weight excluding hydrogens is 216 g/mol. The molecule has 0 aromatic heterocycles. The molecule has 0 bridgehead atoms. The summed E-state index contributed by atoms with van der Waals surface area (Å²) >= 11 is 0. The first-order chi connectivity index (χ1) is 8.50. The topological polar surface area (TPSA) is 0 Å². The molecule has 0 amide bonds. The van der Waals surface area contributed by atoms with E-state index < -0.39 is 0 Å². The van der Waals surface area contributed by atoms with E-state index >= 15 is 0 Å². The molecule has 0 rings (SSSR count). The van der Waals surface area contributed by atoms with Gasteiger partial charge in [-0.05, 0) is 49.4 Å². The van der Waals surface area contributed by atoms with Gasteiger partial charge >= 0.3 is 0 Å². The third kappa shape index (κ3) is 7.44. The van der Waals surface area contributed by atoms with Gasteiger partial charge in [0.25, 0.3) is 0 Å². The van der Waals surface area contributed by atoms with Crippen molar-refractivity contribution in [2.45, 2.75) is 92.9 Å². The highest BCUT2D eigenvalue weighted by atomic mass is 14.2. The smallest absolute Gasteiger partial charge is 0.0354 e. The fourth-order valence-corrected chi connectivity index (χ4v) is 3.27. The molecule has 0 saturated heterocycles. The highest BCUT2D eigenvalue weighted by Gasteiger charge is 2.18. The molecule has 18 heavy (non-hydrogen) atoms. The lowest BCUT2D eigenvalue weighted by Crippen LogP contribution is -2.14. The normalized spacial score (nSPS) is 14.2. The van der Waals surface area contributed by atoms with E-state index in [-0.39, 0.29) is 0 Å². The fourth-order valence-electron chi connectivity index (χ4n) is 3.27. The summed E-state index contributed by atoms with van der Waals surface area (Å²) in [5, 5.41) is 0.